The number of hydrogen-bond donors (Lipinski definition) is 1. The Balaban J connectivity index is 1.66. The van der Waals surface area contributed by atoms with Crippen LogP contribution in [0.25, 0.3) is 11.2 Å². The minimum absolute atomic E-state index is 0.173. The summed E-state index contributed by atoms with van der Waals surface area (Å²) in [5.74, 6) is 0.383. The predicted octanol–water partition coefficient (Wildman–Crippen LogP) is 3.83. The molecule has 0 saturated carbocycles. The van der Waals surface area contributed by atoms with Crippen LogP contribution in [0.2, 0.25) is 0 Å². The molecule has 5 rings (SSSR count). The summed E-state index contributed by atoms with van der Waals surface area (Å²) in [6, 6.07) is 29.1. The van der Waals surface area contributed by atoms with Crippen LogP contribution >= 0.6 is 0 Å². The first kappa shape index (κ1) is 23.0. The molecule has 2 heterocycles. The van der Waals surface area contributed by atoms with Crippen molar-refractivity contribution < 1.29 is 0 Å². The normalized spacial score (nSPS) is 11.7. The van der Waals surface area contributed by atoms with Crippen molar-refractivity contribution in [3.05, 3.63) is 129 Å². The van der Waals surface area contributed by atoms with Gasteiger partial charge in [-0.05, 0) is 23.6 Å². The number of nitrogens with zero attached hydrogens (tertiary/aromatic N) is 5. The highest BCUT2D eigenvalue weighted by Crippen LogP contribution is 2.18. The Hall–Kier alpha value is -4.72. The van der Waals surface area contributed by atoms with Gasteiger partial charge >= 0.3 is 5.69 Å². The quantitative estimate of drug-likeness (QED) is 0.285. The van der Waals surface area contributed by atoms with Crippen molar-refractivity contribution >= 4 is 22.8 Å². The number of fused-ring (bicyclic) bond motifs is 1. The van der Waals surface area contributed by atoms with Crippen LogP contribution in [0.3, 0.4) is 0 Å². The van der Waals surface area contributed by atoms with Crippen LogP contribution in [0.4, 0.5) is 5.95 Å². The lowest BCUT2D eigenvalue weighted by molar-refractivity contribution is 0.653. The molecule has 0 atom stereocenters. The Bertz CT molecular complexity index is 1650. The Morgan fingerprint density at radius 2 is 1.33 bits per heavy atom. The summed E-state index contributed by atoms with van der Waals surface area (Å²) >= 11 is 0. The SMILES string of the molecule is C/C(=N\Nc1nc2c(c(=O)n(Cc3ccccc3)c(=O)n2C)n1Cc1ccccc1)c1ccccc1. The number of aromatic nitrogens is 4. The largest absolute Gasteiger partial charge is 0.332 e. The smallest absolute Gasteiger partial charge is 0.298 e. The molecule has 0 amide bonds. The predicted molar refractivity (Wildman–Crippen MR) is 143 cm³/mol. The van der Waals surface area contributed by atoms with Crippen LogP contribution in [0.15, 0.2) is 106 Å². The second kappa shape index (κ2) is 9.87. The Morgan fingerprint density at radius 1 is 0.806 bits per heavy atom. The van der Waals surface area contributed by atoms with Crippen LogP contribution in [-0.2, 0) is 20.1 Å². The van der Waals surface area contributed by atoms with Gasteiger partial charge in [-0.1, -0.05) is 91.0 Å². The lowest BCUT2D eigenvalue weighted by atomic mass is 10.1. The maximum atomic E-state index is 13.7. The number of hydrogen-bond acceptors (Lipinski definition) is 5. The zero-order chi connectivity index (χ0) is 25.1. The van der Waals surface area contributed by atoms with E-state index in [1.165, 1.54) is 9.13 Å². The van der Waals surface area contributed by atoms with Gasteiger partial charge < -0.3 is 0 Å². The molecule has 0 saturated heterocycles. The summed E-state index contributed by atoms with van der Waals surface area (Å²) in [6.45, 7) is 2.46. The second-order valence-corrected chi connectivity index (χ2v) is 8.57. The van der Waals surface area contributed by atoms with E-state index in [1.54, 1.807) is 11.6 Å². The molecule has 5 aromatic rings. The van der Waals surface area contributed by atoms with Crippen molar-refractivity contribution in [2.75, 3.05) is 5.43 Å². The molecule has 8 nitrogen and oxygen atoms in total. The van der Waals surface area contributed by atoms with E-state index in [1.807, 2.05) is 97.9 Å². The summed E-state index contributed by atoms with van der Waals surface area (Å²) in [6.07, 6.45) is 0. The lowest BCUT2D eigenvalue weighted by Crippen LogP contribution is -2.40. The highest BCUT2D eigenvalue weighted by molar-refractivity contribution is 5.99. The molecule has 0 bridgehead atoms. The van der Waals surface area contributed by atoms with Gasteiger partial charge in [0.05, 0.1) is 18.8 Å². The number of hydrazone groups is 1. The Kier molecular flexibility index (Phi) is 6.32. The van der Waals surface area contributed by atoms with Gasteiger partial charge in [-0.2, -0.15) is 10.1 Å². The molecule has 0 aliphatic rings. The second-order valence-electron chi connectivity index (χ2n) is 8.57. The fourth-order valence-corrected chi connectivity index (χ4v) is 4.16. The van der Waals surface area contributed by atoms with Gasteiger partial charge in [-0.25, -0.2) is 10.2 Å². The van der Waals surface area contributed by atoms with Gasteiger partial charge in [0.2, 0.25) is 5.95 Å². The van der Waals surface area contributed by atoms with E-state index in [9.17, 15) is 9.59 Å². The number of anilines is 1. The molecule has 0 fully saturated rings. The van der Waals surface area contributed by atoms with E-state index in [0.717, 1.165) is 22.4 Å². The number of rotatable bonds is 7. The van der Waals surface area contributed by atoms with E-state index in [-0.39, 0.29) is 6.54 Å². The van der Waals surface area contributed by atoms with E-state index < -0.39 is 11.2 Å². The zero-order valence-electron chi connectivity index (χ0n) is 20.1. The first-order valence-corrected chi connectivity index (χ1v) is 11.7. The molecule has 1 N–H and O–H groups in total. The maximum Gasteiger partial charge on any atom is 0.332 e. The molecular formula is C28H26N6O2. The standard InChI is InChI=1S/C28H26N6O2/c1-20(23-16-10-5-11-17-23)30-31-27-29-25-24(33(27)18-21-12-6-3-7-13-21)26(35)34(28(36)32(25)2)19-22-14-8-4-9-15-22/h3-17H,18-19H2,1-2H3,(H,29,31)/b30-20+. The number of nitrogens with one attached hydrogen (secondary N) is 1. The van der Waals surface area contributed by atoms with Crippen molar-refractivity contribution in [1.82, 2.24) is 18.7 Å². The van der Waals surface area contributed by atoms with E-state index in [2.05, 4.69) is 15.5 Å². The molecule has 0 aliphatic heterocycles. The van der Waals surface area contributed by atoms with Gasteiger partial charge in [0.1, 0.15) is 0 Å². The number of aryl methyl sites for hydroxylation is 1. The fraction of sp³-hybridized carbons (Fsp3) is 0.143. The number of benzene rings is 3. The van der Waals surface area contributed by atoms with Gasteiger partial charge in [0, 0.05) is 7.05 Å². The minimum atomic E-state index is -0.420. The summed E-state index contributed by atoms with van der Waals surface area (Å²) < 4.78 is 4.46. The van der Waals surface area contributed by atoms with Crippen LogP contribution in [0.5, 0.6) is 0 Å². The van der Waals surface area contributed by atoms with Gasteiger partial charge in [0.15, 0.2) is 11.2 Å². The van der Waals surface area contributed by atoms with Crippen LogP contribution in [0.1, 0.15) is 23.6 Å². The molecule has 180 valence electrons. The fourth-order valence-electron chi connectivity index (χ4n) is 4.16. The first-order valence-electron chi connectivity index (χ1n) is 11.7. The molecule has 0 radical (unpaired) electrons. The van der Waals surface area contributed by atoms with E-state index in [4.69, 9.17) is 0 Å². The Labute approximate surface area is 207 Å². The molecular weight excluding hydrogens is 452 g/mol. The van der Waals surface area contributed by atoms with Crippen LogP contribution in [0, 0.1) is 0 Å². The van der Waals surface area contributed by atoms with Crippen LogP contribution in [-0.4, -0.2) is 24.4 Å². The highest BCUT2D eigenvalue weighted by Gasteiger charge is 2.21. The molecule has 0 aliphatic carbocycles. The van der Waals surface area contributed by atoms with Gasteiger partial charge in [-0.15, -0.1) is 0 Å². The lowest BCUT2D eigenvalue weighted by Gasteiger charge is -2.11. The van der Waals surface area contributed by atoms with E-state index >= 15 is 0 Å². The molecule has 0 spiro atoms. The summed E-state index contributed by atoms with van der Waals surface area (Å²) in [4.78, 5) is 31.5. The Morgan fingerprint density at radius 3 is 1.92 bits per heavy atom. The average Bonchev–Trinajstić information content (AvgIpc) is 3.28. The summed E-state index contributed by atoms with van der Waals surface area (Å²) in [5.41, 5.74) is 6.47. The van der Waals surface area contributed by atoms with Crippen molar-refractivity contribution in [2.45, 2.75) is 20.0 Å². The van der Waals surface area contributed by atoms with Gasteiger partial charge in [0.25, 0.3) is 5.56 Å². The maximum absolute atomic E-state index is 13.7. The van der Waals surface area contributed by atoms with Gasteiger partial charge in [-0.3, -0.25) is 18.5 Å². The number of imidazole rings is 1. The molecule has 36 heavy (non-hydrogen) atoms. The third kappa shape index (κ3) is 4.48. The van der Waals surface area contributed by atoms with E-state index in [0.29, 0.717) is 23.7 Å². The van der Waals surface area contributed by atoms with Crippen LogP contribution < -0.4 is 16.7 Å². The highest BCUT2D eigenvalue weighted by atomic mass is 16.2. The average molecular weight is 479 g/mol. The van der Waals surface area contributed by atoms with Crippen molar-refractivity contribution in [3.63, 3.8) is 0 Å². The summed E-state index contributed by atoms with van der Waals surface area (Å²) in [5, 5.41) is 4.52. The monoisotopic (exact) mass is 478 g/mol. The van der Waals surface area contributed by atoms with Crippen molar-refractivity contribution in [3.8, 4) is 0 Å². The first-order chi connectivity index (χ1) is 17.5. The zero-order valence-corrected chi connectivity index (χ0v) is 20.1. The minimum Gasteiger partial charge on any atom is -0.298 e. The molecule has 0 unspecified atom stereocenters. The third-order valence-corrected chi connectivity index (χ3v) is 6.11. The summed E-state index contributed by atoms with van der Waals surface area (Å²) in [7, 11) is 1.63. The topological polar surface area (TPSA) is 86.2 Å². The third-order valence-electron chi connectivity index (χ3n) is 6.11. The molecule has 3 aromatic carbocycles. The van der Waals surface area contributed by atoms with Crippen molar-refractivity contribution in [1.29, 1.82) is 0 Å². The molecule has 2 aromatic heterocycles. The van der Waals surface area contributed by atoms with Crippen molar-refractivity contribution in [2.24, 2.45) is 12.1 Å². The molecule has 8 heteroatoms.